The van der Waals surface area contributed by atoms with Gasteiger partial charge in [0.2, 0.25) is 5.91 Å². The molecule has 0 aromatic carbocycles. The standard InChI is InChI=1S/C11H12F3N5O2/c1-5(20)17-10(2,3)9-16-8(21-19-9)7-6(4-15-18-7)11(12,13)14/h4H,1-3H3,(H,15,18)(H,17,20). The van der Waals surface area contributed by atoms with Gasteiger partial charge in [-0.25, -0.2) is 0 Å². The van der Waals surface area contributed by atoms with Crippen LogP contribution < -0.4 is 5.32 Å². The van der Waals surface area contributed by atoms with Gasteiger partial charge in [-0.2, -0.15) is 23.3 Å². The molecule has 0 bridgehead atoms. The molecule has 0 spiro atoms. The number of carbonyl (C=O) groups is 1. The smallest absolute Gasteiger partial charge is 0.344 e. The zero-order valence-corrected chi connectivity index (χ0v) is 11.4. The van der Waals surface area contributed by atoms with Gasteiger partial charge in [0.05, 0.1) is 11.7 Å². The number of nitrogens with zero attached hydrogens (tertiary/aromatic N) is 3. The Morgan fingerprint density at radius 3 is 2.62 bits per heavy atom. The summed E-state index contributed by atoms with van der Waals surface area (Å²) in [5, 5.41) is 11.7. The Balaban J connectivity index is 2.37. The lowest BCUT2D eigenvalue weighted by Gasteiger charge is -2.20. The van der Waals surface area contributed by atoms with Crippen LogP contribution in [0.3, 0.4) is 0 Å². The Hall–Kier alpha value is -2.39. The molecule has 2 heterocycles. The number of alkyl halides is 3. The van der Waals surface area contributed by atoms with Crippen molar-refractivity contribution >= 4 is 5.91 Å². The van der Waals surface area contributed by atoms with Crippen molar-refractivity contribution in [3.63, 3.8) is 0 Å². The van der Waals surface area contributed by atoms with Gasteiger partial charge in [-0.1, -0.05) is 5.16 Å². The largest absolute Gasteiger partial charge is 0.420 e. The lowest BCUT2D eigenvalue weighted by atomic mass is 10.1. The molecule has 10 heteroatoms. The van der Waals surface area contributed by atoms with Crippen LogP contribution in [0.15, 0.2) is 10.7 Å². The summed E-state index contributed by atoms with van der Waals surface area (Å²) in [6.45, 7) is 4.50. The Labute approximate surface area is 116 Å². The second kappa shape index (κ2) is 4.86. The lowest BCUT2D eigenvalue weighted by molar-refractivity contribution is -0.137. The van der Waals surface area contributed by atoms with E-state index in [1.54, 1.807) is 13.8 Å². The van der Waals surface area contributed by atoms with Crippen LogP contribution in [0, 0.1) is 0 Å². The van der Waals surface area contributed by atoms with Crippen molar-refractivity contribution < 1.29 is 22.5 Å². The van der Waals surface area contributed by atoms with E-state index in [9.17, 15) is 18.0 Å². The van der Waals surface area contributed by atoms with Crippen LogP contribution in [0.25, 0.3) is 11.6 Å². The first-order valence-corrected chi connectivity index (χ1v) is 5.85. The summed E-state index contributed by atoms with van der Waals surface area (Å²) < 4.78 is 43.1. The highest BCUT2D eigenvalue weighted by atomic mass is 19.4. The van der Waals surface area contributed by atoms with E-state index in [0.29, 0.717) is 6.20 Å². The van der Waals surface area contributed by atoms with Crippen molar-refractivity contribution in [2.75, 3.05) is 0 Å². The molecule has 0 atom stereocenters. The summed E-state index contributed by atoms with van der Waals surface area (Å²) in [4.78, 5) is 15.0. The van der Waals surface area contributed by atoms with E-state index < -0.39 is 23.0 Å². The zero-order valence-electron chi connectivity index (χ0n) is 11.4. The Bertz CT molecular complexity index is 659. The number of halogens is 3. The van der Waals surface area contributed by atoms with E-state index in [0.717, 1.165) is 0 Å². The average Bonchev–Trinajstić information content (AvgIpc) is 2.95. The van der Waals surface area contributed by atoms with Crippen molar-refractivity contribution in [3.05, 3.63) is 17.6 Å². The fourth-order valence-corrected chi connectivity index (χ4v) is 1.74. The third kappa shape index (κ3) is 3.03. The van der Waals surface area contributed by atoms with Crippen LogP contribution in [-0.4, -0.2) is 26.2 Å². The van der Waals surface area contributed by atoms with Gasteiger partial charge < -0.3 is 9.84 Å². The van der Waals surface area contributed by atoms with Crippen LogP contribution in [0.5, 0.6) is 0 Å². The van der Waals surface area contributed by atoms with Crippen LogP contribution in [0.4, 0.5) is 13.2 Å². The van der Waals surface area contributed by atoms with E-state index >= 15 is 0 Å². The highest BCUT2D eigenvalue weighted by molar-refractivity contribution is 5.73. The molecule has 0 aliphatic rings. The number of hydrogen-bond donors (Lipinski definition) is 2. The highest BCUT2D eigenvalue weighted by Crippen LogP contribution is 2.35. The third-order valence-electron chi connectivity index (χ3n) is 2.63. The van der Waals surface area contributed by atoms with Crippen molar-refractivity contribution in [1.82, 2.24) is 25.7 Å². The van der Waals surface area contributed by atoms with Gasteiger partial charge in [-0.15, -0.1) is 0 Å². The average molecular weight is 303 g/mol. The molecule has 2 aromatic rings. The maximum Gasteiger partial charge on any atom is 0.420 e. The molecule has 0 aliphatic heterocycles. The molecule has 2 aromatic heterocycles. The normalized spacial score (nSPS) is 12.5. The molecular formula is C11H12F3N5O2. The molecule has 0 unspecified atom stereocenters. The summed E-state index contributed by atoms with van der Waals surface area (Å²) in [7, 11) is 0. The van der Waals surface area contributed by atoms with Gasteiger partial charge in [0, 0.05) is 6.92 Å². The van der Waals surface area contributed by atoms with Crippen molar-refractivity contribution in [2.24, 2.45) is 0 Å². The SMILES string of the molecule is CC(=O)NC(C)(C)c1noc(-c2[nH]ncc2C(F)(F)F)n1. The monoisotopic (exact) mass is 303 g/mol. The summed E-state index contributed by atoms with van der Waals surface area (Å²) in [5.74, 6) is -0.632. The van der Waals surface area contributed by atoms with E-state index in [1.165, 1.54) is 6.92 Å². The molecule has 2 rings (SSSR count). The Morgan fingerprint density at radius 1 is 1.38 bits per heavy atom. The van der Waals surface area contributed by atoms with Gasteiger partial charge in [-0.3, -0.25) is 9.89 Å². The fraction of sp³-hybridized carbons (Fsp3) is 0.455. The summed E-state index contributed by atoms with van der Waals surface area (Å²) >= 11 is 0. The van der Waals surface area contributed by atoms with Gasteiger partial charge in [0.25, 0.3) is 5.89 Å². The van der Waals surface area contributed by atoms with Crippen molar-refractivity contribution in [3.8, 4) is 11.6 Å². The van der Waals surface area contributed by atoms with Crippen LogP contribution in [0.2, 0.25) is 0 Å². The Morgan fingerprint density at radius 2 is 2.05 bits per heavy atom. The number of carbonyl (C=O) groups excluding carboxylic acids is 1. The summed E-state index contributed by atoms with van der Waals surface area (Å²) in [6, 6.07) is 0. The maximum absolute atomic E-state index is 12.8. The van der Waals surface area contributed by atoms with Crippen LogP contribution in [-0.2, 0) is 16.5 Å². The maximum atomic E-state index is 12.8. The van der Waals surface area contributed by atoms with Gasteiger partial charge in [0.15, 0.2) is 5.82 Å². The van der Waals surface area contributed by atoms with Gasteiger partial charge in [0.1, 0.15) is 11.3 Å². The van der Waals surface area contributed by atoms with Gasteiger partial charge >= 0.3 is 6.18 Å². The first kappa shape index (κ1) is 15.0. The number of amides is 1. The first-order chi connectivity index (χ1) is 9.61. The Kier molecular flexibility index (Phi) is 3.47. The fourth-order valence-electron chi connectivity index (χ4n) is 1.74. The molecule has 2 N–H and O–H groups in total. The minimum atomic E-state index is -4.59. The quantitative estimate of drug-likeness (QED) is 0.902. The zero-order chi connectivity index (χ0) is 15.8. The molecule has 0 saturated heterocycles. The molecule has 114 valence electrons. The molecule has 7 nitrogen and oxygen atoms in total. The molecule has 0 saturated carbocycles. The van der Waals surface area contributed by atoms with Crippen LogP contribution in [0.1, 0.15) is 32.2 Å². The summed E-state index contributed by atoms with van der Waals surface area (Å²) in [6.07, 6.45) is -3.96. The number of nitrogens with one attached hydrogen (secondary N) is 2. The molecule has 1 amide bonds. The number of hydrogen-bond acceptors (Lipinski definition) is 5. The molecule has 0 radical (unpaired) electrons. The number of aromatic amines is 1. The minimum absolute atomic E-state index is 0.0513. The van der Waals surface area contributed by atoms with E-state index in [-0.39, 0.29) is 17.6 Å². The topological polar surface area (TPSA) is 96.7 Å². The minimum Gasteiger partial charge on any atom is -0.344 e. The molecule has 21 heavy (non-hydrogen) atoms. The van der Waals surface area contributed by atoms with Crippen LogP contribution >= 0.6 is 0 Å². The molecule has 0 fully saturated rings. The second-order valence-corrected chi connectivity index (χ2v) is 4.89. The van der Waals surface area contributed by atoms with Gasteiger partial charge in [-0.05, 0) is 13.8 Å². The lowest BCUT2D eigenvalue weighted by Crippen LogP contribution is -2.40. The number of H-pyrrole nitrogens is 1. The first-order valence-electron chi connectivity index (χ1n) is 5.85. The van der Waals surface area contributed by atoms with Crippen molar-refractivity contribution in [2.45, 2.75) is 32.5 Å². The second-order valence-electron chi connectivity index (χ2n) is 4.89. The predicted molar refractivity (Wildman–Crippen MR) is 63.7 cm³/mol. The van der Waals surface area contributed by atoms with E-state index in [2.05, 4.69) is 25.7 Å². The number of aromatic nitrogens is 4. The molecule has 0 aliphatic carbocycles. The van der Waals surface area contributed by atoms with Crippen molar-refractivity contribution in [1.29, 1.82) is 0 Å². The highest BCUT2D eigenvalue weighted by Gasteiger charge is 2.38. The summed E-state index contributed by atoms with van der Waals surface area (Å²) in [5.41, 5.74) is -2.40. The molecular weight excluding hydrogens is 291 g/mol. The van der Waals surface area contributed by atoms with E-state index in [1.807, 2.05) is 0 Å². The third-order valence-corrected chi connectivity index (χ3v) is 2.63. The van der Waals surface area contributed by atoms with E-state index in [4.69, 9.17) is 4.52 Å². The predicted octanol–water partition coefficient (Wildman–Crippen LogP) is 1.85. The number of rotatable bonds is 3.